The molecule has 0 aliphatic heterocycles. The number of rotatable bonds is 3. The van der Waals surface area contributed by atoms with Gasteiger partial charge in [-0.15, -0.1) is 0 Å². The van der Waals surface area contributed by atoms with Gasteiger partial charge in [-0.05, 0) is 74.9 Å². The second-order valence-electron chi connectivity index (χ2n) is 8.76. The number of benzene rings is 2. The molecule has 0 atom stereocenters. The molecule has 2 aromatic carbocycles. The summed E-state index contributed by atoms with van der Waals surface area (Å²) in [5.74, 6) is 0. The molecule has 0 spiro atoms. The molecule has 1 heterocycles. The minimum atomic E-state index is 0.514. The van der Waals surface area contributed by atoms with E-state index in [4.69, 9.17) is 0 Å². The van der Waals surface area contributed by atoms with Crippen LogP contribution in [0.2, 0.25) is 0 Å². The Hall–Kier alpha value is -3.30. The van der Waals surface area contributed by atoms with Gasteiger partial charge in [-0.2, -0.15) is 10.5 Å². The monoisotopic (exact) mass is 407 g/mol. The van der Waals surface area contributed by atoms with Crippen LogP contribution < -0.4 is 0 Å². The second kappa shape index (κ2) is 8.44. The predicted molar refractivity (Wildman–Crippen MR) is 126 cm³/mol. The van der Waals surface area contributed by atoms with E-state index in [1.165, 1.54) is 54.6 Å². The number of aromatic nitrogens is 1. The summed E-state index contributed by atoms with van der Waals surface area (Å²) in [6.07, 6.45) is 6.30. The highest BCUT2D eigenvalue weighted by atomic mass is 15.0. The van der Waals surface area contributed by atoms with Gasteiger partial charge in [0.1, 0.15) is 0 Å². The molecule has 1 aliphatic carbocycles. The lowest BCUT2D eigenvalue weighted by atomic mass is 9.88. The molecule has 1 aliphatic rings. The molecular weight excluding hydrogens is 378 g/mol. The van der Waals surface area contributed by atoms with Gasteiger partial charge < -0.3 is 4.57 Å². The van der Waals surface area contributed by atoms with E-state index >= 15 is 0 Å². The van der Waals surface area contributed by atoms with E-state index in [1.807, 2.05) is 38.1 Å². The Bertz CT molecular complexity index is 1140. The summed E-state index contributed by atoms with van der Waals surface area (Å²) in [7, 11) is 0. The van der Waals surface area contributed by atoms with Crippen LogP contribution in [0.15, 0.2) is 36.4 Å². The van der Waals surface area contributed by atoms with E-state index in [0.29, 0.717) is 17.2 Å². The lowest BCUT2D eigenvalue weighted by Crippen LogP contribution is -2.15. The van der Waals surface area contributed by atoms with Crippen LogP contribution in [0.25, 0.3) is 22.3 Å². The van der Waals surface area contributed by atoms with Crippen LogP contribution in [-0.2, 0) is 0 Å². The van der Waals surface area contributed by atoms with Crippen molar-refractivity contribution in [3.8, 4) is 34.4 Å². The lowest BCUT2D eigenvalue weighted by Gasteiger charge is -2.26. The third-order valence-electron chi connectivity index (χ3n) is 7.08. The number of nitrogens with zero attached hydrogens (tertiary/aromatic N) is 3. The van der Waals surface area contributed by atoms with E-state index in [2.05, 4.69) is 42.7 Å². The van der Waals surface area contributed by atoms with Crippen LogP contribution in [0.1, 0.15) is 71.8 Å². The lowest BCUT2D eigenvalue weighted by molar-refractivity contribution is 0.346. The van der Waals surface area contributed by atoms with E-state index in [9.17, 15) is 10.5 Å². The Morgan fingerprint density at radius 3 is 1.58 bits per heavy atom. The largest absolute Gasteiger partial charge is 0.345 e. The zero-order chi connectivity index (χ0) is 22.1. The molecule has 4 rings (SSSR count). The average molecular weight is 408 g/mol. The Labute approximate surface area is 185 Å². The third-order valence-corrected chi connectivity index (χ3v) is 7.08. The molecule has 1 fully saturated rings. The molecule has 0 amide bonds. The van der Waals surface area contributed by atoms with Gasteiger partial charge in [-0.1, -0.05) is 43.5 Å². The molecular formula is C28H29N3. The molecule has 1 saturated carbocycles. The molecule has 3 aromatic rings. The highest BCUT2D eigenvalue weighted by Crippen LogP contribution is 2.45. The zero-order valence-corrected chi connectivity index (χ0v) is 18.9. The van der Waals surface area contributed by atoms with Gasteiger partial charge in [0.05, 0.1) is 23.3 Å². The summed E-state index contributed by atoms with van der Waals surface area (Å²) in [5, 5.41) is 19.3. The molecule has 31 heavy (non-hydrogen) atoms. The molecule has 0 saturated heterocycles. The highest BCUT2D eigenvalue weighted by molar-refractivity contribution is 5.91. The van der Waals surface area contributed by atoms with Crippen LogP contribution in [0, 0.1) is 50.4 Å². The summed E-state index contributed by atoms with van der Waals surface area (Å²) in [5.41, 5.74) is 10.6. The van der Waals surface area contributed by atoms with Crippen LogP contribution in [0.5, 0.6) is 0 Å². The fourth-order valence-corrected chi connectivity index (χ4v) is 5.46. The Morgan fingerprint density at radius 2 is 1.16 bits per heavy atom. The fourth-order valence-electron chi connectivity index (χ4n) is 5.46. The van der Waals surface area contributed by atoms with Gasteiger partial charge in [0.15, 0.2) is 0 Å². The second-order valence-corrected chi connectivity index (χ2v) is 8.76. The van der Waals surface area contributed by atoms with Gasteiger partial charge in [0, 0.05) is 28.6 Å². The van der Waals surface area contributed by atoms with Crippen molar-refractivity contribution in [3.05, 3.63) is 70.0 Å². The van der Waals surface area contributed by atoms with E-state index in [-0.39, 0.29) is 0 Å². The van der Waals surface area contributed by atoms with Crippen molar-refractivity contribution in [1.82, 2.24) is 4.57 Å². The predicted octanol–water partition coefficient (Wildman–Crippen LogP) is 7.30. The maximum Gasteiger partial charge on any atom is 0.0994 e. The van der Waals surface area contributed by atoms with Crippen molar-refractivity contribution >= 4 is 0 Å². The van der Waals surface area contributed by atoms with Crippen LogP contribution in [0.4, 0.5) is 0 Å². The van der Waals surface area contributed by atoms with Gasteiger partial charge in [-0.25, -0.2) is 0 Å². The Morgan fingerprint density at radius 1 is 0.710 bits per heavy atom. The first-order chi connectivity index (χ1) is 15.0. The standard InChI is InChI=1S/C28H29N3/c1-18-22(16-29)10-8-14-25(18)27-20(3)31(24-12-6-5-7-13-24)21(4)28(27)26-15-9-11-23(17-30)19(26)2/h8-11,14-15,24H,5-7,12-13H2,1-4H3. The number of hydrogen-bond donors (Lipinski definition) is 0. The van der Waals surface area contributed by atoms with Gasteiger partial charge in [0.2, 0.25) is 0 Å². The smallest absolute Gasteiger partial charge is 0.0994 e. The molecule has 156 valence electrons. The Balaban J connectivity index is 2.07. The van der Waals surface area contributed by atoms with E-state index < -0.39 is 0 Å². The number of hydrogen-bond acceptors (Lipinski definition) is 2. The van der Waals surface area contributed by atoms with Crippen LogP contribution in [0.3, 0.4) is 0 Å². The van der Waals surface area contributed by atoms with Gasteiger partial charge in [-0.3, -0.25) is 0 Å². The fraction of sp³-hybridized carbons (Fsp3) is 0.357. The first kappa shape index (κ1) is 21.0. The third kappa shape index (κ3) is 3.45. The summed E-state index contributed by atoms with van der Waals surface area (Å²) < 4.78 is 2.54. The molecule has 1 aromatic heterocycles. The highest BCUT2D eigenvalue weighted by Gasteiger charge is 2.27. The average Bonchev–Trinajstić information content (AvgIpc) is 3.04. The summed E-state index contributed by atoms with van der Waals surface area (Å²) >= 11 is 0. The molecule has 0 N–H and O–H groups in total. The summed E-state index contributed by atoms with van der Waals surface area (Å²) in [6, 6.07) is 17.2. The zero-order valence-electron chi connectivity index (χ0n) is 18.9. The van der Waals surface area contributed by atoms with Crippen LogP contribution in [-0.4, -0.2) is 4.57 Å². The summed E-state index contributed by atoms with van der Waals surface area (Å²) in [6.45, 7) is 8.54. The van der Waals surface area contributed by atoms with Crippen molar-refractivity contribution in [1.29, 1.82) is 10.5 Å². The molecule has 0 radical (unpaired) electrons. The van der Waals surface area contributed by atoms with Crippen molar-refractivity contribution in [2.45, 2.75) is 65.8 Å². The van der Waals surface area contributed by atoms with Gasteiger partial charge >= 0.3 is 0 Å². The first-order valence-electron chi connectivity index (χ1n) is 11.2. The normalized spacial score (nSPS) is 14.3. The minimum absolute atomic E-state index is 0.514. The minimum Gasteiger partial charge on any atom is -0.345 e. The van der Waals surface area contributed by atoms with Crippen molar-refractivity contribution in [2.24, 2.45) is 0 Å². The van der Waals surface area contributed by atoms with E-state index in [0.717, 1.165) is 22.3 Å². The maximum absolute atomic E-state index is 9.63. The molecule has 3 nitrogen and oxygen atoms in total. The maximum atomic E-state index is 9.63. The van der Waals surface area contributed by atoms with Gasteiger partial charge in [0.25, 0.3) is 0 Å². The van der Waals surface area contributed by atoms with E-state index in [1.54, 1.807) is 0 Å². The molecule has 0 bridgehead atoms. The first-order valence-corrected chi connectivity index (χ1v) is 11.2. The molecule has 3 heteroatoms. The van der Waals surface area contributed by atoms with Crippen LogP contribution >= 0.6 is 0 Å². The van der Waals surface area contributed by atoms with Crippen molar-refractivity contribution in [3.63, 3.8) is 0 Å². The summed E-state index contributed by atoms with van der Waals surface area (Å²) in [4.78, 5) is 0. The Kier molecular flexibility index (Phi) is 5.71. The topological polar surface area (TPSA) is 52.5 Å². The van der Waals surface area contributed by atoms with Crippen molar-refractivity contribution < 1.29 is 0 Å². The van der Waals surface area contributed by atoms with Crippen molar-refractivity contribution in [2.75, 3.05) is 0 Å². The SMILES string of the molecule is Cc1c(C#N)cccc1-c1c(-c2cccc(C#N)c2C)c(C)n(C2CCCCC2)c1C. The molecule has 0 unspecified atom stereocenters. The quantitative estimate of drug-likeness (QED) is 0.457. The number of nitriles is 2.